The van der Waals surface area contributed by atoms with Gasteiger partial charge in [0, 0.05) is 23.5 Å². The molecule has 1 atom stereocenters. The van der Waals surface area contributed by atoms with Gasteiger partial charge >= 0.3 is 0 Å². The van der Waals surface area contributed by atoms with Crippen LogP contribution in [0, 0.1) is 11.6 Å². The van der Waals surface area contributed by atoms with Gasteiger partial charge in [0.1, 0.15) is 11.6 Å². The first kappa shape index (κ1) is 16.9. The molecule has 3 nitrogen and oxygen atoms in total. The zero-order valence-electron chi connectivity index (χ0n) is 12.0. The van der Waals surface area contributed by atoms with E-state index in [0.29, 0.717) is 12.0 Å². The Morgan fingerprint density at radius 3 is 2.23 bits per heavy atom. The summed E-state index contributed by atoms with van der Waals surface area (Å²) in [6, 6.07) is 10.7. The standard InChI is InChI=1S/C16H16F2O3S/c1-20-21-22-15-4-2-11(3-5-15)16(6-7-19)12-8-13(17)10-14(18)9-12/h2-5,8-10,16,19H,6-7H2,1H3/t16-/m1/s1. The van der Waals surface area contributed by atoms with Gasteiger partial charge in [-0.3, -0.25) is 0 Å². The molecule has 0 aliphatic heterocycles. The third kappa shape index (κ3) is 4.51. The zero-order chi connectivity index (χ0) is 15.9. The summed E-state index contributed by atoms with van der Waals surface area (Å²) < 4.78 is 31.6. The average molecular weight is 326 g/mol. The van der Waals surface area contributed by atoms with Crippen LogP contribution in [0.25, 0.3) is 0 Å². The highest BCUT2D eigenvalue weighted by atomic mass is 32.2. The molecule has 0 amide bonds. The van der Waals surface area contributed by atoms with Crippen molar-refractivity contribution in [2.75, 3.05) is 13.7 Å². The third-order valence-corrected chi connectivity index (χ3v) is 3.85. The Morgan fingerprint density at radius 2 is 1.68 bits per heavy atom. The number of benzene rings is 2. The first-order chi connectivity index (χ1) is 10.6. The number of rotatable bonds is 7. The largest absolute Gasteiger partial charge is 0.396 e. The van der Waals surface area contributed by atoms with Crippen molar-refractivity contribution < 1.29 is 23.1 Å². The normalized spacial score (nSPS) is 12.4. The predicted molar refractivity (Wildman–Crippen MR) is 80.3 cm³/mol. The Balaban J connectivity index is 2.27. The molecule has 0 unspecified atom stereocenters. The lowest BCUT2D eigenvalue weighted by Gasteiger charge is -2.17. The Labute approximate surface area is 132 Å². The van der Waals surface area contributed by atoms with Gasteiger partial charge in [-0.15, -0.1) is 0 Å². The molecular formula is C16H16F2O3S. The van der Waals surface area contributed by atoms with Crippen LogP contribution in [0.4, 0.5) is 8.78 Å². The van der Waals surface area contributed by atoms with E-state index in [4.69, 9.17) is 4.33 Å². The van der Waals surface area contributed by atoms with E-state index in [1.54, 1.807) is 0 Å². The number of aliphatic hydroxyl groups is 1. The Bertz CT molecular complexity index is 585. The summed E-state index contributed by atoms with van der Waals surface area (Å²) in [6.45, 7) is -0.0773. The first-order valence-electron chi connectivity index (χ1n) is 6.68. The third-order valence-electron chi connectivity index (χ3n) is 3.19. The van der Waals surface area contributed by atoms with E-state index in [2.05, 4.69) is 4.89 Å². The molecule has 0 radical (unpaired) electrons. The average Bonchev–Trinajstić information content (AvgIpc) is 2.50. The molecule has 0 saturated heterocycles. The van der Waals surface area contributed by atoms with Crippen LogP contribution in [0.5, 0.6) is 0 Å². The topological polar surface area (TPSA) is 38.7 Å². The van der Waals surface area contributed by atoms with Gasteiger partial charge in [-0.05, 0) is 41.8 Å². The second-order valence-electron chi connectivity index (χ2n) is 4.65. The van der Waals surface area contributed by atoms with Crippen molar-refractivity contribution in [2.45, 2.75) is 17.2 Å². The van der Waals surface area contributed by atoms with E-state index in [0.717, 1.165) is 28.6 Å². The molecule has 0 aliphatic carbocycles. The van der Waals surface area contributed by atoms with Gasteiger partial charge in [0.15, 0.2) is 0 Å². The van der Waals surface area contributed by atoms with Gasteiger partial charge in [0.2, 0.25) is 0 Å². The molecule has 2 rings (SSSR count). The maximum atomic E-state index is 13.4. The van der Waals surface area contributed by atoms with Gasteiger partial charge in [-0.25, -0.2) is 13.7 Å². The summed E-state index contributed by atoms with van der Waals surface area (Å²) in [7, 11) is 1.41. The molecule has 2 aromatic carbocycles. The quantitative estimate of drug-likeness (QED) is 0.473. The van der Waals surface area contributed by atoms with Crippen molar-refractivity contribution in [1.29, 1.82) is 0 Å². The van der Waals surface area contributed by atoms with Crippen LogP contribution in [0.3, 0.4) is 0 Å². The molecule has 6 heteroatoms. The van der Waals surface area contributed by atoms with Gasteiger partial charge in [-0.2, -0.15) is 4.33 Å². The predicted octanol–water partition coefficient (Wildman–Crippen LogP) is 4.06. The smallest absolute Gasteiger partial charge is 0.126 e. The number of aliphatic hydroxyl groups excluding tert-OH is 1. The molecule has 0 aromatic heterocycles. The second-order valence-corrected chi connectivity index (χ2v) is 5.43. The lowest BCUT2D eigenvalue weighted by molar-refractivity contribution is -0.160. The number of halogens is 2. The van der Waals surface area contributed by atoms with Crippen molar-refractivity contribution in [3.8, 4) is 0 Å². The van der Waals surface area contributed by atoms with Gasteiger partial charge in [0.25, 0.3) is 0 Å². The molecule has 2 aromatic rings. The van der Waals surface area contributed by atoms with E-state index < -0.39 is 11.6 Å². The van der Waals surface area contributed by atoms with Crippen molar-refractivity contribution in [1.82, 2.24) is 0 Å². The van der Waals surface area contributed by atoms with Crippen molar-refractivity contribution in [2.24, 2.45) is 0 Å². The zero-order valence-corrected chi connectivity index (χ0v) is 12.8. The molecule has 1 N–H and O–H groups in total. The highest BCUT2D eigenvalue weighted by Crippen LogP contribution is 2.30. The van der Waals surface area contributed by atoms with E-state index in [1.807, 2.05) is 24.3 Å². The number of hydrogen-bond acceptors (Lipinski definition) is 4. The monoisotopic (exact) mass is 326 g/mol. The van der Waals surface area contributed by atoms with Gasteiger partial charge < -0.3 is 5.11 Å². The molecular weight excluding hydrogens is 310 g/mol. The fraction of sp³-hybridized carbons (Fsp3) is 0.250. The summed E-state index contributed by atoms with van der Waals surface area (Å²) in [6.07, 6.45) is 0.379. The number of hydrogen-bond donors (Lipinski definition) is 1. The van der Waals surface area contributed by atoms with E-state index >= 15 is 0 Å². The van der Waals surface area contributed by atoms with E-state index in [9.17, 15) is 13.9 Å². The van der Waals surface area contributed by atoms with Gasteiger partial charge in [0.05, 0.1) is 19.2 Å². The maximum absolute atomic E-state index is 13.4. The maximum Gasteiger partial charge on any atom is 0.126 e. The highest BCUT2D eigenvalue weighted by molar-refractivity contribution is 7.94. The molecule has 0 fully saturated rings. The minimum atomic E-state index is -0.626. The highest BCUT2D eigenvalue weighted by Gasteiger charge is 2.16. The second kappa shape index (κ2) is 8.24. The SMILES string of the molecule is COOSc1ccc([C@@H](CCO)c2cc(F)cc(F)c2)cc1. The van der Waals surface area contributed by atoms with Crippen LogP contribution in [0.1, 0.15) is 23.5 Å². The first-order valence-corrected chi connectivity index (χ1v) is 7.42. The minimum Gasteiger partial charge on any atom is -0.396 e. The molecule has 0 heterocycles. The van der Waals surface area contributed by atoms with E-state index in [1.165, 1.54) is 19.2 Å². The Morgan fingerprint density at radius 1 is 1.05 bits per heavy atom. The fourth-order valence-electron chi connectivity index (χ4n) is 2.26. The van der Waals surface area contributed by atoms with Crippen LogP contribution < -0.4 is 0 Å². The van der Waals surface area contributed by atoms with Crippen LogP contribution in [0.2, 0.25) is 0 Å². The molecule has 22 heavy (non-hydrogen) atoms. The van der Waals surface area contributed by atoms with Crippen molar-refractivity contribution in [3.63, 3.8) is 0 Å². The summed E-state index contributed by atoms with van der Waals surface area (Å²) in [5.41, 5.74) is 1.36. The summed E-state index contributed by atoms with van der Waals surface area (Å²) in [4.78, 5) is 5.34. The molecule has 0 bridgehead atoms. The van der Waals surface area contributed by atoms with Crippen molar-refractivity contribution >= 4 is 12.0 Å². The van der Waals surface area contributed by atoms with Crippen LogP contribution in [0.15, 0.2) is 47.4 Å². The van der Waals surface area contributed by atoms with E-state index in [-0.39, 0.29) is 12.5 Å². The summed E-state index contributed by atoms with van der Waals surface area (Å²) >= 11 is 1.06. The Kier molecular flexibility index (Phi) is 6.33. The Hall–Kier alpha value is -1.47. The summed E-state index contributed by atoms with van der Waals surface area (Å²) in [5.74, 6) is -1.53. The van der Waals surface area contributed by atoms with Crippen LogP contribution >= 0.6 is 12.0 Å². The lowest BCUT2D eigenvalue weighted by atomic mass is 9.89. The minimum absolute atomic E-state index is 0.0773. The molecule has 0 spiro atoms. The fourth-order valence-corrected chi connectivity index (χ4v) is 2.65. The molecule has 0 aliphatic rings. The molecule has 118 valence electrons. The van der Waals surface area contributed by atoms with Crippen LogP contribution in [-0.2, 0) is 9.22 Å². The summed E-state index contributed by atoms with van der Waals surface area (Å²) in [5, 5.41) is 9.24. The van der Waals surface area contributed by atoms with Crippen molar-refractivity contribution in [3.05, 3.63) is 65.2 Å². The van der Waals surface area contributed by atoms with Gasteiger partial charge in [-0.1, -0.05) is 12.1 Å². The molecule has 0 saturated carbocycles. The van der Waals surface area contributed by atoms with Crippen LogP contribution in [-0.4, -0.2) is 18.8 Å². The lowest BCUT2D eigenvalue weighted by Crippen LogP contribution is -2.05.